The fourth-order valence-electron chi connectivity index (χ4n) is 3.00. The number of nitrogens with zero attached hydrogens (tertiary/aromatic N) is 1. The summed E-state index contributed by atoms with van der Waals surface area (Å²) in [6, 6.07) is 14.1. The number of aryl methyl sites for hydroxylation is 1. The molecule has 0 spiro atoms. The van der Waals surface area contributed by atoms with Gasteiger partial charge >= 0.3 is 6.18 Å². The number of halogens is 3. The van der Waals surface area contributed by atoms with Crippen LogP contribution in [0.4, 0.5) is 18.9 Å². The highest BCUT2D eigenvalue weighted by atomic mass is 32.2. The van der Waals surface area contributed by atoms with Gasteiger partial charge in [0.1, 0.15) is 6.04 Å². The van der Waals surface area contributed by atoms with Gasteiger partial charge in [0.25, 0.3) is 0 Å². The SMILES string of the molecule is CCc1ccc(NC(=O)CSC2=N[C@H](c3ccccc3)C[C@@H](C(F)(F)F)N2)cc1. The van der Waals surface area contributed by atoms with Crippen molar-refractivity contribution in [3.8, 4) is 0 Å². The van der Waals surface area contributed by atoms with Crippen LogP contribution in [-0.4, -0.2) is 29.0 Å². The quantitative estimate of drug-likeness (QED) is 0.719. The van der Waals surface area contributed by atoms with E-state index in [9.17, 15) is 18.0 Å². The van der Waals surface area contributed by atoms with Gasteiger partial charge in [-0.25, -0.2) is 0 Å². The maximum Gasteiger partial charge on any atom is 0.408 e. The van der Waals surface area contributed by atoms with Crippen LogP contribution in [0, 0.1) is 0 Å². The van der Waals surface area contributed by atoms with Crippen LogP contribution in [0.1, 0.15) is 30.5 Å². The number of rotatable bonds is 5. The molecular formula is C21H22F3N3OS. The van der Waals surface area contributed by atoms with E-state index in [1.54, 1.807) is 24.3 Å². The lowest BCUT2D eigenvalue weighted by Crippen LogP contribution is -2.48. The second-order valence-electron chi connectivity index (χ2n) is 6.72. The van der Waals surface area contributed by atoms with Gasteiger partial charge < -0.3 is 10.6 Å². The van der Waals surface area contributed by atoms with Crippen molar-refractivity contribution in [1.82, 2.24) is 5.32 Å². The number of amidine groups is 1. The molecule has 0 radical (unpaired) electrons. The highest BCUT2D eigenvalue weighted by Gasteiger charge is 2.43. The van der Waals surface area contributed by atoms with Crippen LogP contribution in [0.25, 0.3) is 0 Å². The molecule has 8 heteroatoms. The number of benzene rings is 2. The zero-order chi connectivity index (χ0) is 20.9. The average Bonchev–Trinajstić information content (AvgIpc) is 2.72. The number of carbonyl (C=O) groups excluding carboxylic acids is 1. The van der Waals surface area contributed by atoms with Gasteiger partial charge in [-0.2, -0.15) is 13.2 Å². The maximum atomic E-state index is 13.3. The Balaban J connectivity index is 1.65. The minimum Gasteiger partial charge on any atom is -0.353 e. The molecule has 0 aliphatic carbocycles. The van der Waals surface area contributed by atoms with Crippen molar-refractivity contribution >= 4 is 28.5 Å². The van der Waals surface area contributed by atoms with Gasteiger partial charge in [-0.1, -0.05) is 61.2 Å². The summed E-state index contributed by atoms with van der Waals surface area (Å²) in [6.45, 7) is 2.04. The number of alkyl halides is 3. The lowest BCUT2D eigenvalue weighted by atomic mass is 9.98. The van der Waals surface area contributed by atoms with E-state index in [2.05, 4.69) is 15.6 Å². The van der Waals surface area contributed by atoms with Gasteiger partial charge in [0.05, 0.1) is 11.8 Å². The molecule has 4 nitrogen and oxygen atoms in total. The van der Waals surface area contributed by atoms with Gasteiger partial charge in [-0.15, -0.1) is 0 Å². The first-order valence-electron chi connectivity index (χ1n) is 9.32. The lowest BCUT2D eigenvalue weighted by Gasteiger charge is -2.31. The first-order chi connectivity index (χ1) is 13.8. The maximum absolute atomic E-state index is 13.3. The Morgan fingerprint density at radius 1 is 1.17 bits per heavy atom. The Kier molecular flexibility index (Phi) is 6.84. The van der Waals surface area contributed by atoms with Gasteiger partial charge in [-0.05, 0) is 29.7 Å². The topological polar surface area (TPSA) is 53.5 Å². The Hall–Kier alpha value is -2.48. The number of nitrogens with one attached hydrogen (secondary N) is 2. The highest BCUT2D eigenvalue weighted by Crippen LogP contribution is 2.34. The molecule has 2 atom stereocenters. The zero-order valence-electron chi connectivity index (χ0n) is 15.9. The van der Waals surface area contributed by atoms with Crippen LogP contribution in [0.15, 0.2) is 59.6 Å². The van der Waals surface area contributed by atoms with E-state index in [0.717, 1.165) is 29.3 Å². The van der Waals surface area contributed by atoms with Crippen molar-refractivity contribution in [1.29, 1.82) is 0 Å². The number of aliphatic imine (C=N–C) groups is 1. The molecule has 0 aromatic heterocycles. The van der Waals surface area contributed by atoms with E-state index in [-0.39, 0.29) is 23.2 Å². The van der Waals surface area contributed by atoms with E-state index >= 15 is 0 Å². The lowest BCUT2D eigenvalue weighted by molar-refractivity contribution is -0.155. The van der Waals surface area contributed by atoms with Gasteiger partial charge in [0, 0.05) is 12.1 Å². The van der Waals surface area contributed by atoms with Crippen LogP contribution in [-0.2, 0) is 11.2 Å². The number of hydrogen-bond donors (Lipinski definition) is 2. The molecule has 1 amide bonds. The molecule has 0 saturated heterocycles. The molecule has 2 aromatic carbocycles. The summed E-state index contributed by atoms with van der Waals surface area (Å²) in [5.74, 6) is -0.331. The fourth-order valence-corrected chi connectivity index (χ4v) is 3.77. The van der Waals surface area contributed by atoms with Crippen molar-refractivity contribution < 1.29 is 18.0 Å². The third-order valence-electron chi connectivity index (χ3n) is 4.60. The first-order valence-corrected chi connectivity index (χ1v) is 10.3. The monoisotopic (exact) mass is 421 g/mol. The Labute approximate surface area is 172 Å². The summed E-state index contributed by atoms with van der Waals surface area (Å²) in [5, 5.41) is 5.32. The van der Waals surface area contributed by atoms with Crippen molar-refractivity contribution in [3.63, 3.8) is 0 Å². The van der Waals surface area contributed by atoms with Crippen LogP contribution in [0.2, 0.25) is 0 Å². The summed E-state index contributed by atoms with van der Waals surface area (Å²) >= 11 is 0.978. The van der Waals surface area contributed by atoms with Crippen molar-refractivity contribution in [2.45, 2.75) is 38.0 Å². The second kappa shape index (κ2) is 9.35. The predicted molar refractivity (Wildman–Crippen MR) is 111 cm³/mol. The third-order valence-corrected chi connectivity index (χ3v) is 5.50. The second-order valence-corrected chi connectivity index (χ2v) is 7.69. The summed E-state index contributed by atoms with van der Waals surface area (Å²) in [4.78, 5) is 16.6. The number of hydrogen-bond acceptors (Lipinski definition) is 4. The molecule has 1 aliphatic heterocycles. The predicted octanol–water partition coefficient (Wildman–Crippen LogP) is 4.94. The molecular weight excluding hydrogens is 399 g/mol. The number of amides is 1. The van der Waals surface area contributed by atoms with Crippen LogP contribution >= 0.6 is 11.8 Å². The van der Waals surface area contributed by atoms with Crippen LogP contribution in [0.3, 0.4) is 0 Å². The standard InChI is InChI=1S/C21H22F3N3OS/c1-2-14-8-10-16(11-9-14)25-19(28)13-29-20-26-17(15-6-4-3-5-7-15)12-18(27-20)21(22,23)24/h3-11,17-18H,2,12-13H2,1H3,(H,25,28)(H,26,27)/t17-,18-/m0/s1. The van der Waals surface area contributed by atoms with E-state index in [4.69, 9.17) is 0 Å². The summed E-state index contributed by atoms with van der Waals surface area (Å²) in [6.07, 6.45) is -3.66. The molecule has 1 aliphatic rings. The van der Waals surface area contributed by atoms with E-state index in [1.165, 1.54) is 0 Å². The normalized spacial score (nSPS) is 19.2. The summed E-state index contributed by atoms with van der Waals surface area (Å²) < 4.78 is 40.0. The van der Waals surface area contributed by atoms with Crippen molar-refractivity contribution in [2.24, 2.45) is 4.99 Å². The number of anilines is 1. The average molecular weight is 421 g/mol. The molecule has 2 aromatic rings. The van der Waals surface area contributed by atoms with E-state index in [1.807, 2.05) is 37.3 Å². The molecule has 1 heterocycles. The Morgan fingerprint density at radius 3 is 2.48 bits per heavy atom. The number of thioether (sulfide) groups is 1. The van der Waals surface area contributed by atoms with E-state index < -0.39 is 18.3 Å². The van der Waals surface area contributed by atoms with Gasteiger partial charge in [0.15, 0.2) is 5.17 Å². The molecule has 0 saturated carbocycles. The van der Waals surface area contributed by atoms with E-state index in [0.29, 0.717) is 5.69 Å². The first kappa shape index (κ1) is 21.2. The van der Waals surface area contributed by atoms with Crippen LogP contribution < -0.4 is 10.6 Å². The minimum atomic E-state index is -4.39. The van der Waals surface area contributed by atoms with Gasteiger partial charge in [-0.3, -0.25) is 9.79 Å². The minimum absolute atomic E-state index is 0.0343. The summed E-state index contributed by atoms with van der Waals surface area (Å²) in [5.41, 5.74) is 2.53. The van der Waals surface area contributed by atoms with Crippen molar-refractivity contribution in [2.75, 3.05) is 11.1 Å². The van der Waals surface area contributed by atoms with Gasteiger partial charge in [0.2, 0.25) is 5.91 Å². The molecule has 0 unspecified atom stereocenters. The largest absolute Gasteiger partial charge is 0.408 e. The molecule has 154 valence electrons. The Morgan fingerprint density at radius 2 is 1.86 bits per heavy atom. The summed E-state index contributed by atoms with van der Waals surface area (Å²) in [7, 11) is 0. The Bertz CT molecular complexity index is 854. The highest BCUT2D eigenvalue weighted by molar-refractivity contribution is 8.14. The van der Waals surface area contributed by atoms with Crippen molar-refractivity contribution in [3.05, 3.63) is 65.7 Å². The molecule has 3 rings (SSSR count). The third kappa shape index (κ3) is 6.00. The van der Waals surface area contributed by atoms with Crippen LogP contribution in [0.5, 0.6) is 0 Å². The smallest absolute Gasteiger partial charge is 0.353 e. The molecule has 2 N–H and O–H groups in total. The molecule has 0 fully saturated rings. The molecule has 29 heavy (non-hydrogen) atoms. The molecule has 0 bridgehead atoms. The number of carbonyl (C=O) groups is 1. The fraction of sp³-hybridized carbons (Fsp3) is 0.333. The zero-order valence-corrected chi connectivity index (χ0v) is 16.7.